The molecule has 1 saturated heterocycles. The number of benzene rings is 1. The van der Waals surface area contributed by atoms with E-state index < -0.39 is 0 Å². The van der Waals surface area contributed by atoms with Crippen molar-refractivity contribution in [3.05, 3.63) is 35.7 Å². The first-order chi connectivity index (χ1) is 11.1. The van der Waals surface area contributed by atoms with E-state index in [9.17, 15) is 10.1 Å². The molecule has 0 atom stereocenters. The molecule has 5 heteroatoms. The van der Waals surface area contributed by atoms with Crippen molar-refractivity contribution in [3.8, 4) is 6.07 Å². The van der Waals surface area contributed by atoms with Crippen LogP contribution in [0, 0.1) is 11.3 Å². The number of carbonyl (C=O) groups excluding carboxylic acids is 1. The zero-order chi connectivity index (χ0) is 16.4. The molecule has 120 valence electrons. The number of nitrogens with zero attached hydrogens (tertiary/aromatic N) is 4. The van der Waals surface area contributed by atoms with Gasteiger partial charge in [-0.1, -0.05) is 18.6 Å². The van der Waals surface area contributed by atoms with Gasteiger partial charge in [-0.05, 0) is 38.1 Å². The number of likely N-dealkylation sites (tertiary alicyclic amines) is 1. The summed E-state index contributed by atoms with van der Waals surface area (Å²) in [5, 5.41) is 9.60. The maximum atomic E-state index is 12.7. The predicted octanol–water partition coefficient (Wildman–Crippen LogP) is 2.36. The van der Waals surface area contributed by atoms with E-state index in [1.54, 1.807) is 0 Å². The number of anilines is 2. The smallest absolute Gasteiger partial charge is 0.191 e. The Balaban J connectivity index is 1.89. The van der Waals surface area contributed by atoms with E-state index in [-0.39, 0.29) is 11.4 Å². The number of nitriles is 1. The quantitative estimate of drug-likeness (QED) is 0.634. The van der Waals surface area contributed by atoms with Gasteiger partial charge in [0.1, 0.15) is 17.5 Å². The first-order valence-corrected chi connectivity index (χ1v) is 8.10. The van der Waals surface area contributed by atoms with Crippen molar-refractivity contribution in [2.24, 2.45) is 0 Å². The molecule has 0 radical (unpaired) electrons. The zero-order valence-corrected chi connectivity index (χ0v) is 13.7. The average molecular weight is 310 g/mol. The largest absolute Gasteiger partial charge is 0.328 e. The van der Waals surface area contributed by atoms with E-state index >= 15 is 0 Å². The molecule has 1 aromatic rings. The Morgan fingerprint density at radius 2 is 1.65 bits per heavy atom. The molecule has 0 spiro atoms. The Kier molecular flexibility index (Phi) is 4.35. The Labute approximate surface area is 137 Å². The number of piperidine rings is 1. The molecular formula is C18H22N4O. The lowest BCUT2D eigenvalue weighted by atomic mass is 10.1. The van der Waals surface area contributed by atoms with Crippen molar-refractivity contribution in [1.82, 2.24) is 4.90 Å². The number of hydrogen-bond donors (Lipinski definition) is 0. The van der Waals surface area contributed by atoms with Gasteiger partial charge in [0.05, 0.1) is 17.9 Å². The lowest BCUT2D eigenvalue weighted by Gasteiger charge is -2.26. The van der Waals surface area contributed by atoms with E-state index in [2.05, 4.69) is 11.0 Å². The van der Waals surface area contributed by atoms with Crippen LogP contribution in [0.4, 0.5) is 11.4 Å². The molecule has 0 amide bonds. The molecule has 0 aromatic heterocycles. The van der Waals surface area contributed by atoms with Crippen LogP contribution in [-0.4, -0.2) is 44.4 Å². The summed E-state index contributed by atoms with van der Waals surface area (Å²) in [4.78, 5) is 18.7. The molecular weight excluding hydrogens is 288 g/mol. The molecule has 5 nitrogen and oxygen atoms in total. The first-order valence-electron chi connectivity index (χ1n) is 8.10. The molecule has 0 saturated carbocycles. The normalized spacial score (nSPS) is 17.9. The minimum Gasteiger partial charge on any atom is -0.328 e. The summed E-state index contributed by atoms with van der Waals surface area (Å²) in [6.45, 7) is 2.24. The molecule has 2 aliphatic rings. The highest BCUT2D eigenvalue weighted by Gasteiger charge is 2.31. The summed E-state index contributed by atoms with van der Waals surface area (Å²) in [5.74, 6) is 0.589. The molecule has 3 rings (SSSR count). The van der Waals surface area contributed by atoms with E-state index in [1.165, 1.54) is 6.42 Å². The van der Waals surface area contributed by atoms with Crippen LogP contribution in [0.2, 0.25) is 0 Å². The van der Waals surface area contributed by atoms with Crippen LogP contribution in [0.25, 0.3) is 0 Å². The van der Waals surface area contributed by atoms with E-state index in [4.69, 9.17) is 0 Å². The third-order valence-electron chi connectivity index (χ3n) is 4.67. The van der Waals surface area contributed by atoms with Gasteiger partial charge in [0.15, 0.2) is 5.78 Å². The molecule has 0 aliphatic carbocycles. The molecule has 0 N–H and O–H groups in total. The van der Waals surface area contributed by atoms with Gasteiger partial charge in [0.25, 0.3) is 0 Å². The number of para-hydroxylation sites is 2. The third-order valence-corrected chi connectivity index (χ3v) is 4.67. The number of ketones is 1. The fourth-order valence-corrected chi connectivity index (χ4v) is 3.46. The van der Waals surface area contributed by atoms with Crippen molar-refractivity contribution >= 4 is 17.2 Å². The number of Topliss-reactive ketones (excluding diaryl/α,β-unsaturated/α-hetero) is 1. The van der Waals surface area contributed by atoms with E-state index in [0.717, 1.165) is 37.3 Å². The number of fused-ring (bicyclic) bond motifs is 1. The van der Waals surface area contributed by atoms with Crippen molar-refractivity contribution < 1.29 is 4.79 Å². The van der Waals surface area contributed by atoms with Gasteiger partial charge in [-0.15, -0.1) is 0 Å². The summed E-state index contributed by atoms with van der Waals surface area (Å²) < 4.78 is 0. The molecule has 2 aliphatic heterocycles. The summed E-state index contributed by atoms with van der Waals surface area (Å²) >= 11 is 0. The van der Waals surface area contributed by atoms with Gasteiger partial charge in [0, 0.05) is 14.1 Å². The minimum atomic E-state index is -0.0871. The molecule has 2 heterocycles. The van der Waals surface area contributed by atoms with Crippen molar-refractivity contribution in [1.29, 1.82) is 5.26 Å². The SMILES string of the molecule is CN1C(=C(C#N)C(=O)CN2CCCCC2)N(C)c2ccccc21. The Bertz CT molecular complexity index is 652. The van der Waals surface area contributed by atoms with E-state index in [0.29, 0.717) is 12.4 Å². The van der Waals surface area contributed by atoms with E-state index in [1.807, 2.05) is 48.2 Å². The van der Waals surface area contributed by atoms with Crippen LogP contribution in [0.3, 0.4) is 0 Å². The first kappa shape index (κ1) is 15.6. The van der Waals surface area contributed by atoms with Gasteiger partial charge >= 0.3 is 0 Å². The van der Waals surface area contributed by atoms with Gasteiger partial charge in [-0.2, -0.15) is 5.26 Å². The summed E-state index contributed by atoms with van der Waals surface area (Å²) in [7, 11) is 3.81. The second kappa shape index (κ2) is 6.43. The molecule has 1 fully saturated rings. The molecule has 0 bridgehead atoms. The van der Waals surface area contributed by atoms with Crippen LogP contribution in [0.5, 0.6) is 0 Å². The highest BCUT2D eigenvalue weighted by atomic mass is 16.1. The van der Waals surface area contributed by atoms with Crippen LogP contribution in [0.1, 0.15) is 19.3 Å². The second-order valence-corrected chi connectivity index (χ2v) is 6.18. The van der Waals surface area contributed by atoms with Gasteiger partial charge in [-0.3, -0.25) is 9.69 Å². The maximum Gasteiger partial charge on any atom is 0.191 e. The Morgan fingerprint density at radius 1 is 1.09 bits per heavy atom. The summed E-state index contributed by atoms with van der Waals surface area (Å²) in [5.41, 5.74) is 2.28. The monoisotopic (exact) mass is 310 g/mol. The average Bonchev–Trinajstić information content (AvgIpc) is 2.82. The number of carbonyl (C=O) groups is 1. The minimum absolute atomic E-state index is 0.0871. The van der Waals surface area contributed by atoms with Crippen molar-refractivity contribution in [3.63, 3.8) is 0 Å². The van der Waals surface area contributed by atoms with Crippen molar-refractivity contribution in [2.75, 3.05) is 43.5 Å². The third kappa shape index (κ3) is 2.82. The fourth-order valence-electron chi connectivity index (χ4n) is 3.46. The maximum absolute atomic E-state index is 12.7. The van der Waals surface area contributed by atoms with Crippen molar-refractivity contribution in [2.45, 2.75) is 19.3 Å². The highest BCUT2D eigenvalue weighted by Crippen LogP contribution is 2.40. The predicted molar refractivity (Wildman–Crippen MR) is 91.2 cm³/mol. The molecule has 0 unspecified atom stereocenters. The summed E-state index contributed by atoms with van der Waals surface area (Å²) in [6, 6.07) is 10.1. The standard InChI is InChI=1S/C18H22N4O/c1-20-15-8-4-5-9-16(15)21(2)18(20)14(12-19)17(23)13-22-10-6-3-7-11-22/h4-5,8-9H,3,6-7,10-11,13H2,1-2H3. The lowest BCUT2D eigenvalue weighted by molar-refractivity contribution is -0.116. The fraction of sp³-hybridized carbons (Fsp3) is 0.444. The zero-order valence-electron chi connectivity index (χ0n) is 13.7. The van der Waals surface area contributed by atoms with Gasteiger partial charge in [0.2, 0.25) is 0 Å². The highest BCUT2D eigenvalue weighted by molar-refractivity contribution is 6.03. The van der Waals surface area contributed by atoms with Crippen LogP contribution < -0.4 is 9.80 Å². The van der Waals surface area contributed by atoms with Crippen LogP contribution in [-0.2, 0) is 4.79 Å². The molecule has 23 heavy (non-hydrogen) atoms. The van der Waals surface area contributed by atoms with Gasteiger partial charge < -0.3 is 9.80 Å². The number of hydrogen-bond acceptors (Lipinski definition) is 5. The second-order valence-electron chi connectivity index (χ2n) is 6.18. The van der Waals surface area contributed by atoms with Gasteiger partial charge in [-0.25, -0.2) is 0 Å². The van der Waals surface area contributed by atoms with Crippen LogP contribution >= 0.6 is 0 Å². The number of rotatable bonds is 3. The van der Waals surface area contributed by atoms with Crippen LogP contribution in [0.15, 0.2) is 35.7 Å². The molecule has 1 aromatic carbocycles. The lowest BCUT2D eigenvalue weighted by Crippen LogP contribution is -2.36. The summed E-state index contributed by atoms with van der Waals surface area (Å²) in [6.07, 6.45) is 3.51. The topological polar surface area (TPSA) is 50.6 Å². The Morgan fingerprint density at radius 3 is 2.17 bits per heavy atom. The Hall–Kier alpha value is -2.32.